The van der Waals surface area contributed by atoms with E-state index in [0.29, 0.717) is 30.7 Å². The molecule has 0 radical (unpaired) electrons. The first-order chi connectivity index (χ1) is 10.6. The largest absolute Gasteiger partial charge is 0.481 e. The molecular weight excluding hydrogens is 285 g/mol. The lowest BCUT2D eigenvalue weighted by Crippen LogP contribution is -2.35. The molecule has 5 nitrogen and oxygen atoms in total. The van der Waals surface area contributed by atoms with Gasteiger partial charge in [0, 0.05) is 18.5 Å². The van der Waals surface area contributed by atoms with Crippen LogP contribution >= 0.6 is 0 Å². The lowest BCUT2D eigenvalue weighted by Gasteiger charge is -2.24. The second kappa shape index (κ2) is 4.63. The molecule has 114 valence electrons. The van der Waals surface area contributed by atoms with E-state index >= 15 is 0 Å². The number of benzene rings is 1. The van der Waals surface area contributed by atoms with Gasteiger partial charge in [-0.2, -0.15) is 0 Å². The third kappa shape index (κ3) is 1.73. The number of carboxylic acids is 1. The fraction of sp³-hybridized carbons (Fsp3) is 0.438. The highest BCUT2D eigenvalue weighted by molar-refractivity contribution is 5.90. The van der Waals surface area contributed by atoms with Gasteiger partial charge in [0.2, 0.25) is 0 Å². The molecule has 0 spiro atoms. The van der Waals surface area contributed by atoms with E-state index in [1.54, 1.807) is 12.1 Å². The number of nitrogens with zero attached hydrogens (tertiary/aromatic N) is 3. The average Bonchev–Trinajstić information content (AvgIpc) is 3.05. The number of carboxylic acid groups (broad SMARTS) is 1. The Labute approximate surface area is 126 Å². The van der Waals surface area contributed by atoms with Crippen LogP contribution in [0.15, 0.2) is 24.5 Å². The molecule has 4 rings (SSSR count). The lowest BCUT2D eigenvalue weighted by molar-refractivity contribution is -0.149. The topological polar surface area (TPSA) is 66.3 Å². The molecule has 2 fully saturated rings. The standard InChI is InChI=1S/C16H16FN3O2/c17-12-5-1-4-11-13(12)18-9-19-14(11)20-7-10-3-2-6-16(10,8-20)15(21)22/h1,4-5,9-10H,2-3,6-8H2,(H,21,22)/t10-,16+/m0/s1. The monoisotopic (exact) mass is 301 g/mol. The van der Waals surface area contributed by atoms with Crippen LogP contribution < -0.4 is 4.90 Å². The SMILES string of the molecule is O=C(O)[C@@]12CCC[C@H]1CN(c1ncnc3c(F)cccc13)C2. The molecule has 1 saturated heterocycles. The minimum atomic E-state index is -0.720. The average molecular weight is 301 g/mol. The van der Waals surface area contributed by atoms with Gasteiger partial charge in [0.15, 0.2) is 0 Å². The fourth-order valence-corrected chi connectivity index (χ4v) is 4.09. The number of hydrogen-bond donors (Lipinski definition) is 1. The molecule has 1 aliphatic heterocycles. The second-order valence-electron chi connectivity index (χ2n) is 6.26. The van der Waals surface area contributed by atoms with Crippen molar-refractivity contribution in [1.29, 1.82) is 0 Å². The van der Waals surface area contributed by atoms with Crippen LogP contribution in [0.5, 0.6) is 0 Å². The molecule has 2 aromatic rings. The van der Waals surface area contributed by atoms with Crippen molar-refractivity contribution in [1.82, 2.24) is 9.97 Å². The Morgan fingerprint density at radius 1 is 1.41 bits per heavy atom. The number of rotatable bonds is 2. The molecule has 0 bridgehead atoms. The maximum atomic E-state index is 13.9. The van der Waals surface area contributed by atoms with E-state index in [9.17, 15) is 14.3 Å². The molecule has 1 aromatic carbocycles. The molecule has 2 aliphatic rings. The Balaban J connectivity index is 1.79. The maximum absolute atomic E-state index is 13.9. The van der Waals surface area contributed by atoms with Gasteiger partial charge in [-0.05, 0) is 30.9 Å². The highest BCUT2D eigenvalue weighted by Gasteiger charge is 2.55. The van der Waals surface area contributed by atoms with Gasteiger partial charge in [0.05, 0.1) is 5.41 Å². The Bertz CT molecular complexity index is 766. The van der Waals surface area contributed by atoms with Crippen LogP contribution in [0.2, 0.25) is 0 Å². The number of para-hydroxylation sites is 1. The Kier molecular flexibility index (Phi) is 2.82. The minimum Gasteiger partial charge on any atom is -0.481 e. The number of aromatic nitrogens is 2. The number of fused-ring (bicyclic) bond motifs is 2. The van der Waals surface area contributed by atoms with Crippen LogP contribution in [0.1, 0.15) is 19.3 Å². The summed E-state index contributed by atoms with van der Waals surface area (Å²) in [5.74, 6) is -0.321. The van der Waals surface area contributed by atoms with Gasteiger partial charge in [0.25, 0.3) is 0 Å². The maximum Gasteiger partial charge on any atom is 0.311 e. The number of hydrogen-bond acceptors (Lipinski definition) is 4. The van der Waals surface area contributed by atoms with Gasteiger partial charge in [-0.25, -0.2) is 14.4 Å². The van der Waals surface area contributed by atoms with E-state index in [1.165, 1.54) is 12.4 Å². The minimum absolute atomic E-state index is 0.142. The summed E-state index contributed by atoms with van der Waals surface area (Å²) < 4.78 is 13.9. The summed E-state index contributed by atoms with van der Waals surface area (Å²) in [5.41, 5.74) is -0.390. The zero-order valence-electron chi connectivity index (χ0n) is 12.0. The summed E-state index contributed by atoms with van der Waals surface area (Å²) in [6, 6.07) is 4.79. The van der Waals surface area contributed by atoms with Crippen molar-refractivity contribution in [3.05, 3.63) is 30.3 Å². The van der Waals surface area contributed by atoms with Gasteiger partial charge in [0.1, 0.15) is 23.5 Å². The van der Waals surface area contributed by atoms with Crippen molar-refractivity contribution in [2.45, 2.75) is 19.3 Å². The first-order valence-electron chi connectivity index (χ1n) is 7.49. The number of carbonyl (C=O) groups is 1. The smallest absolute Gasteiger partial charge is 0.311 e. The highest BCUT2D eigenvalue weighted by atomic mass is 19.1. The van der Waals surface area contributed by atoms with Gasteiger partial charge >= 0.3 is 5.97 Å². The van der Waals surface area contributed by atoms with Crippen LogP contribution in [0.3, 0.4) is 0 Å². The second-order valence-corrected chi connectivity index (χ2v) is 6.26. The van der Waals surface area contributed by atoms with Gasteiger partial charge < -0.3 is 10.0 Å². The third-order valence-electron chi connectivity index (χ3n) is 5.19. The van der Waals surface area contributed by atoms with Crippen LogP contribution in [0.25, 0.3) is 10.9 Å². The molecule has 1 aliphatic carbocycles. The number of halogens is 1. The summed E-state index contributed by atoms with van der Waals surface area (Å²) in [7, 11) is 0. The van der Waals surface area contributed by atoms with Crippen molar-refractivity contribution >= 4 is 22.7 Å². The molecule has 0 unspecified atom stereocenters. The Morgan fingerprint density at radius 3 is 3.05 bits per heavy atom. The molecule has 1 aromatic heterocycles. The van der Waals surface area contributed by atoms with Crippen molar-refractivity contribution in [2.75, 3.05) is 18.0 Å². The molecule has 2 heterocycles. The number of aliphatic carboxylic acids is 1. The van der Waals surface area contributed by atoms with Crippen LogP contribution in [-0.4, -0.2) is 34.1 Å². The molecule has 22 heavy (non-hydrogen) atoms. The van der Waals surface area contributed by atoms with E-state index in [2.05, 4.69) is 9.97 Å². The van der Waals surface area contributed by atoms with Crippen LogP contribution in [-0.2, 0) is 4.79 Å². The van der Waals surface area contributed by atoms with Gasteiger partial charge in [-0.1, -0.05) is 12.5 Å². The highest BCUT2D eigenvalue weighted by Crippen LogP contribution is 2.50. The molecule has 1 N–H and O–H groups in total. The van der Waals surface area contributed by atoms with E-state index in [4.69, 9.17) is 0 Å². The van der Waals surface area contributed by atoms with E-state index < -0.39 is 11.4 Å². The predicted octanol–water partition coefficient (Wildman–Crippen LogP) is 2.46. The molecule has 2 atom stereocenters. The lowest BCUT2D eigenvalue weighted by atomic mass is 9.81. The quantitative estimate of drug-likeness (QED) is 0.923. The van der Waals surface area contributed by atoms with Crippen molar-refractivity contribution in [3.8, 4) is 0 Å². The van der Waals surface area contributed by atoms with E-state index in [-0.39, 0.29) is 17.3 Å². The summed E-state index contributed by atoms with van der Waals surface area (Å²) in [5, 5.41) is 10.3. The summed E-state index contributed by atoms with van der Waals surface area (Å²) in [6.45, 7) is 1.10. The summed E-state index contributed by atoms with van der Waals surface area (Å²) in [6.07, 6.45) is 3.95. The van der Waals surface area contributed by atoms with E-state index in [0.717, 1.165) is 12.8 Å². The van der Waals surface area contributed by atoms with Gasteiger partial charge in [-0.3, -0.25) is 4.79 Å². The predicted molar refractivity (Wildman–Crippen MR) is 79.1 cm³/mol. The molecular formula is C16H16FN3O2. The molecule has 6 heteroatoms. The zero-order chi connectivity index (χ0) is 15.3. The third-order valence-corrected chi connectivity index (χ3v) is 5.19. The molecule has 0 amide bonds. The summed E-state index contributed by atoms with van der Waals surface area (Å²) in [4.78, 5) is 22.1. The molecule has 1 saturated carbocycles. The Hall–Kier alpha value is -2.24. The summed E-state index contributed by atoms with van der Waals surface area (Å²) >= 11 is 0. The first-order valence-corrected chi connectivity index (χ1v) is 7.49. The zero-order valence-corrected chi connectivity index (χ0v) is 12.0. The van der Waals surface area contributed by atoms with Gasteiger partial charge in [-0.15, -0.1) is 0 Å². The van der Waals surface area contributed by atoms with E-state index in [1.807, 2.05) is 4.90 Å². The fourth-order valence-electron chi connectivity index (χ4n) is 4.09. The normalized spacial score (nSPS) is 27.3. The number of anilines is 1. The van der Waals surface area contributed by atoms with Crippen molar-refractivity contribution in [3.63, 3.8) is 0 Å². The van der Waals surface area contributed by atoms with Crippen molar-refractivity contribution in [2.24, 2.45) is 11.3 Å². The van der Waals surface area contributed by atoms with Crippen LogP contribution in [0, 0.1) is 17.2 Å². The van der Waals surface area contributed by atoms with Crippen LogP contribution in [0.4, 0.5) is 10.2 Å². The van der Waals surface area contributed by atoms with Crippen molar-refractivity contribution < 1.29 is 14.3 Å². The first kappa shape index (κ1) is 13.4. The Morgan fingerprint density at radius 2 is 2.27 bits per heavy atom.